The molecule has 0 atom stereocenters. The first-order valence-electron chi connectivity index (χ1n) is 6.93. The van der Waals surface area contributed by atoms with E-state index in [1.54, 1.807) is 31.2 Å². The molecule has 1 aromatic carbocycles. The van der Waals surface area contributed by atoms with E-state index in [-0.39, 0.29) is 23.8 Å². The summed E-state index contributed by atoms with van der Waals surface area (Å²) in [4.78, 5) is 34.1. The van der Waals surface area contributed by atoms with Crippen molar-refractivity contribution in [3.8, 4) is 0 Å². The lowest BCUT2D eigenvalue weighted by Crippen LogP contribution is -2.46. The first-order chi connectivity index (χ1) is 9.99. The van der Waals surface area contributed by atoms with Crippen molar-refractivity contribution < 1.29 is 19.5 Å². The molecule has 2 rings (SSSR count). The number of carbonyl (C=O) groups is 3. The molecule has 1 aromatic rings. The summed E-state index contributed by atoms with van der Waals surface area (Å²) in [6, 6.07) is 6.59. The van der Waals surface area contributed by atoms with Crippen LogP contribution in [0.1, 0.15) is 36.5 Å². The lowest BCUT2D eigenvalue weighted by Gasteiger charge is -2.32. The Balaban J connectivity index is 1.92. The van der Waals surface area contributed by atoms with Crippen LogP contribution < -0.4 is 10.6 Å². The van der Waals surface area contributed by atoms with Gasteiger partial charge in [0.1, 0.15) is 0 Å². The first-order valence-corrected chi connectivity index (χ1v) is 6.93. The highest BCUT2D eigenvalue weighted by Crippen LogP contribution is 2.27. The molecule has 0 spiro atoms. The zero-order chi connectivity index (χ0) is 15.4. The summed E-state index contributed by atoms with van der Waals surface area (Å²) in [5.41, 5.74) is 1.02. The fourth-order valence-electron chi connectivity index (χ4n) is 2.19. The van der Waals surface area contributed by atoms with Gasteiger partial charge in [0.25, 0.3) is 5.91 Å². The van der Waals surface area contributed by atoms with Gasteiger partial charge in [0, 0.05) is 23.7 Å². The predicted octanol–water partition coefficient (Wildman–Crippen LogP) is 1.63. The van der Waals surface area contributed by atoms with E-state index in [9.17, 15) is 14.4 Å². The molecule has 0 saturated heterocycles. The van der Waals surface area contributed by atoms with E-state index in [4.69, 9.17) is 5.11 Å². The Morgan fingerprint density at radius 3 is 2.62 bits per heavy atom. The molecule has 21 heavy (non-hydrogen) atoms. The lowest BCUT2D eigenvalue weighted by atomic mass is 9.80. The Morgan fingerprint density at radius 1 is 1.29 bits per heavy atom. The van der Waals surface area contributed by atoms with Gasteiger partial charge in [-0.2, -0.15) is 0 Å². The molecule has 112 valence electrons. The number of aliphatic carboxylic acids is 1. The molecule has 6 nitrogen and oxygen atoms in total. The normalized spacial score (nSPS) is 20.2. The van der Waals surface area contributed by atoms with Gasteiger partial charge in [0.05, 0.1) is 5.92 Å². The van der Waals surface area contributed by atoms with Crippen LogP contribution in [-0.4, -0.2) is 28.9 Å². The summed E-state index contributed by atoms with van der Waals surface area (Å²) in [6.45, 7) is 1.75. The molecule has 0 aromatic heterocycles. The zero-order valence-corrected chi connectivity index (χ0v) is 11.8. The fraction of sp³-hybridized carbons (Fsp3) is 0.400. The summed E-state index contributed by atoms with van der Waals surface area (Å²) in [5, 5.41) is 14.3. The zero-order valence-electron chi connectivity index (χ0n) is 11.8. The second-order valence-electron chi connectivity index (χ2n) is 5.16. The third kappa shape index (κ3) is 3.81. The van der Waals surface area contributed by atoms with Crippen molar-refractivity contribution in [1.29, 1.82) is 0 Å². The third-order valence-electron chi connectivity index (χ3n) is 3.55. The van der Waals surface area contributed by atoms with Crippen LogP contribution in [0.4, 0.5) is 5.69 Å². The van der Waals surface area contributed by atoms with Crippen molar-refractivity contribution in [3.05, 3.63) is 29.8 Å². The molecule has 0 heterocycles. The highest BCUT2D eigenvalue weighted by atomic mass is 16.4. The number of carboxylic acids is 1. The molecule has 1 fully saturated rings. The van der Waals surface area contributed by atoms with E-state index in [2.05, 4.69) is 10.6 Å². The van der Waals surface area contributed by atoms with Gasteiger partial charge < -0.3 is 15.7 Å². The Bertz CT molecular complexity index is 565. The number of rotatable bonds is 5. The number of carbonyl (C=O) groups excluding carboxylic acids is 2. The molecule has 0 radical (unpaired) electrons. The van der Waals surface area contributed by atoms with Crippen molar-refractivity contribution >= 4 is 23.5 Å². The molecular weight excluding hydrogens is 272 g/mol. The molecule has 0 bridgehead atoms. The average Bonchev–Trinajstić information content (AvgIpc) is 2.41. The topological polar surface area (TPSA) is 95.5 Å². The second-order valence-corrected chi connectivity index (χ2v) is 5.16. The molecule has 1 saturated carbocycles. The number of hydrogen-bond donors (Lipinski definition) is 3. The van der Waals surface area contributed by atoms with E-state index in [1.165, 1.54) is 0 Å². The minimum absolute atomic E-state index is 0.0903. The summed E-state index contributed by atoms with van der Waals surface area (Å²) < 4.78 is 0. The van der Waals surface area contributed by atoms with E-state index in [1.807, 2.05) is 0 Å². The number of benzene rings is 1. The maximum absolute atomic E-state index is 12.1. The number of amides is 2. The van der Waals surface area contributed by atoms with Crippen LogP contribution in [0.15, 0.2) is 24.3 Å². The molecule has 0 aliphatic heterocycles. The second kappa shape index (κ2) is 6.39. The van der Waals surface area contributed by atoms with Crippen LogP contribution in [0, 0.1) is 5.92 Å². The Hall–Kier alpha value is -2.37. The molecular formula is C15H18N2O4. The summed E-state index contributed by atoms with van der Waals surface area (Å²) >= 11 is 0. The van der Waals surface area contributed by atoms with Crippen molar-refractivity contribution in [2.75, 3.05) is 5.32 Å². The predicted molar refractivity (Wildman–Crippen MR) is 77.0 cm³/mol. The highest BCUT2D eigenvalue weighted by Gasteiger charge is 2.35. The van der Waals surface area contributed by atoms with Gasteiger partial charge in [-0.25, -0.2) is 0 Å². The third-order valence-corrected chi connectivity index (χ3v) is 3.55. The van der Waals surface area contributed by atoms with Gasteiger partial charge in [-0.05, 0) is 31.0 Å². The van der Waals surface area contributed by atoms with Crippen LogP contribution in [0.2, 0.25) is 0 Å². The van der Waals surface area contributed by atoms with Gasteiger partial charge in [-0.15, -0.1) is 0 Å². The van der Waals surface area contributed by atoms with Crippen LogP contribution in [-0.2, 0) is 9.59 Å². The van der Waals surface area contributed by atoms with Gasteiger partial charge in [0.2, 0.25) is 5.91 Å². The fourth-order valence-corrected chi connectivity index (χ4v) is 2.19. The van der Waals surface area contributed by atoms with Crippen LogP contribution in [0.25, 0.3) is 0 Å². The number of nitrogens with one attached hydrogen (secondary N) is 2. The SMILES string of the molecule is CCC(=O)Nc1cccc(C(=O)NC2CC(C(=O)O)C2)c1. The summed E-state index contributed by atoms with van der Waals surface area (Å²) in [5.74, 6) is -1.54. The summed E-state index contributed by atoms with van der Waals surface area (Å²) in [7, 11) is 0. The molecule has 0 unspecified atom stereocenters. The number of anilines is 1. The smallest absolute Gasteiger partial charge is 0.306 e. The first kappa shape index (κ1) is 15.0. The van der Waals surface area contributed by atoms with E-state index >= 15 is 0 Å². The Labute approximate surface area is 122 Å². The average molecular weight is 290 g/mol. The summed E-state index contributed by atoms with van der Waals surface area (Å²) in [6.07, 6.45) is 1.30. The monoisotopic (exact) mass is 290 g/mol. The van der Waals surface area contributed by atoms with Crippen LogP contribution >= 0.6 is 0 Å². The number of carboxylic acid groups (broad SMARTS) is 1. The lowest BCUT2D eigenvalue weighted by molar-refractivity contribution is -0.145. The van der Waals surface area contributed by atoms with E-state index in [0.29, 0.717) is 30.5 Å². The van der Waals surface area contributed by atoms with Gasteiger partial charge in [0.15, 0.2) is 0 Å². The van der Waals surface area contributed by atoms with Crippen molar-refractivity contribution in [3.63, 3.8) is 0 Å². The van der Waals surface area contributed by atoms with Crippen molar-refractivity contribution in [2.24, 2.45) is 5.92 Å². The van der Waals surface area contributed by atoms with Crippen molar-refractivity contribution in [2.45, 2.75) is 32.2 Å². The minimum atomic E-state index is -0.815. The standard InChI is InChI=1S/C15H18N2O4/c1-2-13(18)16-11-5-3-4-9(6-11)14(19)17-12-7-10(8-12)15(20)21/h3-6,10,12H,2,7-8H2,1H3,(H,16,18)(H,17,19)(H,20,21). The Morgan fingerprint density at radius 2 is 2.00 bits per heavy atom. The molecule has 1 aliphatic rings. The molecule has 1 aliphatic carbocycles. The quantitative estimate of drug-likeness (QED) is 0.768. The largest absolute Gasteiger partial charge is 0.481 e. The number of hydrogen-bond acceptors (Lipinski definition) is 3. The molecule has 2 amide bonds. The highest BCUT2D eigenvalue weighted by molar-refractivity contribution is 5.97. The molecule has 6 heteroatoms. The van der Waals surface area contributed by atoms with Gasteiger partial charge >= 0.3 is 5.97 Å². The van der Waals surface area contributed by atoms with Crippen LogP contribution in [0.5, 0.6) is 0 Å². The Kier molecular flexibility index (Phi) is 4.57. The van der Waals surface area contributed by atoms with E-state index < -0.39 is 5.97 Å². The van der Waals surface area contributed by atoms with E-state index in [0.717, 1.165) is 0 Å². The molecule has 3 N–H and O–H groups in total. The maximum atomic E-state index is 12.1. The maximum Gasteiger partial charge on any atom is 0.306 e. The van der Waals surface area contributed by atoms with Gasteiger partial charge in [-0.3, -0.25) is 14.4 Å². The van der Waals surface area contributed by atoms with Crippen LogP contribution in [0.3, 0.4) is 0 Å². The van der Waals surface area contributed by atoms with Crippen molar-refractivity contribution in [1.82, 2.24) is 5.32 Å². The minimum Gasteiger partial charge on any atom is -0.481 e. The van der Waals surface area contributed by atoms with Gasteiger partial charge in [-0.1, -0.05) is 13.0 Å².